The van der Waals surface area contributed by atoms with E-state index in [-0.39, 0.29) is 43.2 Å². The molecule has 1 saturated carbocycles. The van der Waals surface area contributed by atoms with Crippen molar-refractivity contribution in [1.29, 1.82) is 0 Å². The van der Waals surface area contributed by atoms with Gasteiger partial charge in [0.25, 0.3) is 0 Å². The molecule has 2 N–H and O–H groups in total. The number of urea groups is 1. The Hall–Kier alpha value is -4.07. The van der Waals surface area contributed by atoms with Gasteiger partial charge in [0.2, 0.25) is 5.95 Å². The van der Waals surface area contributed by atoms with E-state index in [1.54, 1.807) is 6.20 Å². The van der Waals surface area contributed by atoms with Gasteiger partial charge in [0.1, 0.15) is 23.7 Å². The summed E-state index contributed by atoms with van der Waals surface area (Å²) >= 11 is 0. The van der Waals surface area contributed by atoms with Crippen LogP contribution in [-0.4, -0.2) is 66.7 Å². The molecular formula is C30H33F2N5O6. The van der Waals surface area contributed by atoms with Crippen molar-refractivity contribution in [2.45, 2.75) is 56.8 Å². The molecule has 3 aromatic rings. The van der Waals surface area contributed by atoms with Crippen molar-refractivity contribution >= 4 is 23.5 Å². The van der Waals surface area contributed by atoms with E-state index < -0.39 is 41.9 Å². The number of amides is 2. The maximum absolute atomic E-state index is 15.5. The highest BCUT2D eigenvalue weighted by Crippen LogP contribution is 2.42. The molecule has 3 aliphatic rings. The number of aliphatic hydroxyl groups excluding tert-OH is 1. The lowest BCUT2D eigenvalue weighted by Crippen LogP contribution is -2.52. The number of nitrogens with zero attached hydrogens (tertiary/aromatic N) is 4. The first-order valence-corrected chi connectivity index (χ1v) is 14.2. The Kier molecular flexibility index (Phi) is 8.28. The number of fused-ring (bicyclic) bond motifs is 1. The van der Waals surface area contributed by atoms with E-state index in [0.29, 0.717) is 11.4 Å². The fourth-order valence-corrected chi connectivity index (χ4v) is 5.86. The number of hydrogen-bond acceptors (Lipinski definition) is 9. The van der Waals surface area contributed by atoms with E-state index in [2.05, 4.69) is 15.3 Å². The molecule has 2 fully saturated rings. The summed E-state index contributed by atoms with van der Waals surface area (Å²) in [5.74, 6) is -1.88. The van der Waals surface area contributed by atoms with Crippen molar-refractivity contribution in [3.8, 4) is 11.5 Å². The predicted octanol–water partition coefficient (Wildman–Crippen LogP) is 4.55. The lowest BCUT2D eigenvalue weighted by Gasteiger charge is -2.39. The Balaban J connectivity index is 1.28. The summed E-state index contributed by atoms with van der Waals surface area (Å²) in [7, 11) is 2.51. The summed E-state index contributed by atoms with van der Waals surface area (Å²) < 4.78 is 53.1. The molecule has 1 aromatic heterocycles. The molecule has 1 aliphatic carbocycles. The summed E-state index contributed by atoms with van der Waals surface area (Å²) in [6, 6.07) is 9.74. The summed E-state index contributed by atoms with van der Waals surface area (Å²) in [6.07, 6.45) is 3.15. The first kappa shape index (κ1) is 29.0. The molecule has 43 heavy (non-hydrogen) atoms. The minimum atomic E-state index is -1.01. The average molecular weight is 598 g/mol. The van der Waals surface area contributed by atoms with Crippen LogP contribution in [0.25, 0.3) is 0 Å². The number of aromatic nitrogens is 2. The maximum Gasteiger partial charge on any atom is 0.330 e. The quantitative estimate of drug-likeness (QED) is 0.366. The van der Waals surface area contributed by atoms with Crippen LogP contribution in [0.5, 0.6) is 11.5 Å². The number of halogens is 2. The molecule has 3 atom stereocenters. The first-order chi connectivity index (χ1) is 20.9. The number of ether oxygens (including phenoxy) is 4. The summed E-state index contributed by atoms with van der Waals surface area (Å²) in [5.41, 5.74) is 0.805. The van der Waals surface area contributed by atoms with Crippen molar-refractivity contribution in [3.63, 3.8) is 0 Å². The molecule has 0 radical (unpaired) electrons. The van der Waals surface area contributed by atoms with Crippen LogP contribution in [0.2, 0.25) is 0 Å². The van der Waals surface area contributed by atoms with Crippen LogP contribution in [0.4, 0.5) is 31.0 Å². The monoisotopic (exact) mass is 597 g/mol. The predicted molar refractivity (Wildman–Crippen MR) is 152 cm³/mol. The Morgan fingerprint density at radius 1 is 1.05 bits per heavy atom. The number of benzene rings is 2. The molecule has 3 unspecified atom stereocenters. The van der Waals surface area contributed by atoms with Crippen molar-refractivity contribution in [1.82, 2.24) is 9.97 Å². The van der Waals surface area contributed by atoms with Crippen LogP contribution >= 0.6 is 0 Å². The van der Waals surface area contributed by atoms with Crippen molar-refractivity contribution in [2.24, 2.45) is 0 Å². The third-order valence-corrected chi connectivity index (χ3v) is 8.07. The Morgan fingerprint density at radius 2 is 1.72 bits per heavy atom. The van der Waals surface area contributed by atoms with Crippen molar-refractivity contribution in [3.05, 3.63) is 65.4 Å². The van der Waals surface area contributed by atoms with E-state index >= 15 is 8.78 Å². The van der Waals surface area contributed by atoms with Crippen LogP contribution in [0.1, 0.15) is 43.1 Å². The van der Waals surface area contributed by atoms with Gasteiger partial charge in [0.05, 0.1) is 27.4 Å². The summed E-state index contributed by atoms with van der Waals surface area (Å²) in [5, 5.41) is 13.0. The molecule has 0 spiro atoms. The van der Waals surface area contributed by atoms with E-state index in [1.807, 2.05) is 30.3 Å². The molecular weight excluding hydrogens is 564 g/mol. The lowest BCUT2D eigenvalue weighted by atomic mass is 10.1. The van der Waals surface area contributed by atoms with Crippen LogP contribution in [0, 0.1) is 11.6 Å². The van der Waals surface area contributed by atoms with Gasteiger partial charge >= 0.3 is 6.03 Å². The molecule has 2 amide bonds. The van der Waals surface area contributed by atoms with Crippen LogP contribution < -0.4 is 24.6 Å². The van der Waals surface area contributed by atoms with Gasteiger partial charge in [0.15, 0.2) is 29.4 Å². The fourth-order valence-electron chi connectivity index (χ4n) is 5.86. The maximum atomic E-state index is 15.5. The van der Waals surface area contributed by atoms with Gasteiger partial charge in [-0.3, -0.25) is 9.80 Å². The van der Waals surface area contributed by atoms with Crippen molar-refractivity contribution in [2.75, 3.05) is 42.5 Å². The normalized spacial score (nSPS) is 22.2. The molecule has 0 bridgehead atoms. The van der Waals surface area contributed by atoms with Crippen LogP contribution in [0.15, 0.2) is 42.6 Å². The van der Waals surface area contributed by atoms with E-state index in [9.17, 15) is 9.90 Å². The number of anilines is 3. The second-order valence-corrected chi connectivity index (χ2v) is 10.6. The number of hydrogen-bond donors (Lipinski definition) is 2. The zero-order valence-electron chi connectivity index (χ0n) is 23.8. The van der Waals surface area contributed by atoms with E-state index in [0.717, 1.165) is 42.2 Å². The smallest absolute Gasteiger partial charge is 0.330 e. The number of carbonyl (C=O) groups excluding carboxylic acids is 1. The molecule has 3 heterocycles. The van der Waals surface area contributed by atoms with Gasteiger partial charge in [-0.2, -0.15) is 4.98 Å². The van der Waals surface area contributed by atoms with E-state index in [4.69, 9.17) is 18.9 Å². The van der Waals surface area contributed by atoms with Crippen LogP contribution in [-0.2, 0) is 16.0 Å². The number of methoxy groups -OCH3 is 2. The number of carbonyl (C=O) groups is 1. The summed E-state index contributed by atoms with van der Waals surface area (Å²) in [6.45, 7) is -0.160. The standard InChI is InChI=1S/C30H33F2N5O6/c1-40-20-12-21(41-2)25(32)26(24(20)31)36-15-18-13-33-29(35-27(18)37(30(36)39)19-10-6-7-11-19)34-14-22-23(16-38)43-28(42-22)17-8-4-3-5-9-17/h3-5,8-9,12-13,19,22-23,28,38H,6-7,10-11,14-16H2,1-2H3,(H,33,34,35). The van der Waals surface area contributed by atoms with Crippen LogP contribution in [0.3, 0.4) is 0 Å². The number of aliphatic hydroxyl groups is 1. The van der Waals surface area contributed by atoms with Crippen molar-refractivity contribution < 1.29 is 37.6 Å². The van der Waals surface area contributed by atoms with Gasteiger partial charge < -0.3 is 29.4 Å². The molecule has 2 aliphatic heterocycles. The van der Waals surface area contributed by atoms with E-state index in [1.165, 1.54) is 19.1 Å². The lowest BCUT2D eigenvalue weighted by molar-refractivity contribution is -0.0727. The third kappa shape index (κ3) is 5.43. The second-order valence-electron chi connectivity index (χ2n) is 10.6. The van der Waals surface area contributed by atoms with Gasteiger partial charge in [0, 0.05) is 36.0 Å². The molecule has 6 rings (SSSR count). The summed E-state index contributed by atoms with van der Waals surface area (Å²) in [4.78, 5) is 25.7. The Bertz CT molecular complexity index is 1450. The minimum absolute atomic E-state index is 0.160. The first-order valence-electron chi connectivity index (χ1n) is 14.2. The third-order valence-electron chi connectivity index (χ3n) is 8.07. The zero-order valence-corrected chi connectivity index (χ0v) is 23.8. The molecule has 11 nitrogen and oxygen atoms in total. The molecule has 13 heteroatoms. The Labute approximate surface area is 247 Å². The zero-order chi connectivity index (χ0) is 30.1. The molecule has 1 saturated heterocycles. The Morgan fingerprint density at radius 3 is 2.37 bits per heavy atom. The SMILES string of the molecule is COc1cc(OC)c(F)c(N2Cc3cnc(NCC4OC(c5ccccc5)OC4CO)nc3N(C3CCCC3)C2=O)c1F. The average Bonchev–Trinajstić information content (AvgIpc) is 3.71. The minimum Gasteiger partial charge on any atom is -0.493 e. The molecule has 228 valence electrons. The largest absolute Gasteiger partial charge is 0.493 e. The highest BCUT2D eigenvalue weighted by molar-refractivity contribution is 6.06. The van der Waals surface area contributed by atoms with Gasteiger partial charge in [-0.05, 0) is 12.8 Å². The second kappa shape index (κ2) is 12.3. The molecule has 2 aromatic carbocycles. The van der Waals surface area contributed by atoms with Gasteiger partial charge in [-0.1, -0.05) is 43.2 Å². The fraction of sp³-hybridized carbons (Fsp3) is 0.433. The number of nitrogens with one attached hydrogen (secondary N) is 1. The number of rotatable bonds is 9. The van der Waals surface area contributed by atoms with Gasteiger partial charge in [-0.15, -0.1) is 0 Å². The topological polar surface area (TPSA) is 119 Å². The highest BCUT2D eigenvalue weighted by atomic mass is 19.1. The van der Waals surface area contributed by atoms with Gasteiger partial charge in [-0.25, -0.2) is 18.6 Å². The highest BCUT2D eigenvalue weighted by Gasteiger charge is 2.42.